The number of halogens is 2. The SMILES string of the molecule is C[C@@H]1Cc2nn3c(c2CN1C(=O)OC(C)(C)C)C(F)(F)CC[C@@H](CO)C3. The maximum atomic E-state index is 14.8. The van der Waals surface area contributed by atoms with Crippen LogP contribution in [-0.4, -0.2) is 44.1 Å². The monoisotopic (exact) mass is 371 g/mol. The van der Waals surface area contributed by atoms with Gasteiger partial charge < -0.3 is 14.7 Å². The lowest BCUT2D eigenvalue weighted by atomic mass is 9.96. The number of carbonyl (C=O) groups excluding carboxylic acids is 1. The van der Waals surface area contributed by atoms with Crippen LogP contribution in [0.15, 0.2) is 0 Å². The minimum Gasteiger partial charge on any atom is -0.444 e. The van der Waals surface area contributed by atoms with Gasteiger partial charge in [0, 0.05) is 43.5 Å². The van der Waals surface area contributed by atoms with E-state index in [-0.39, 0.29) is 50.2 Å². The fraction of sp³-hybridized carbons (Fsp3) is 0.778. The highest BCUT2D eigenvalue weighted by Gasteiger charge is 2.45. The fourth-order valence-electron chi connectivity index (χ4n) is 3.69. The van der Waals surface area contributed by atoms with Gasteiger partial charge in [-0.15, -0.1) is 0 Å². The van der Waals surface area contributed by atoms with E-state index in [1.807, 2.05) is 6.92 Å². The van der Waals surface area contributed by atoms with Crippen LogP contribution in [0.3, 0.4) is 0 Å². The number of hydrogen-bond acceptors (Lipinski definition) is 4. The van der Waals surface area contributed by atoms with Crippen LogP contribution in [0, 0.1) is 5.92 Å². The van der Waals surface area contributed by atoms with Crippen molar-refractivity contribution in [3.8, 4) is 0 Å². The minimum absolute atomic E-state index is 0.0696. The van der Waals surface area contributed by atoms with E-state index in [1.54, 1.807) is 20.8 Å². The van der Waals surface area contributed by atoms with Crippen LogP contribution in [-0.2, 0) is 30.2 Å². The number of rotatable bonds is 1. The van der Waals surface area contributed by atoms with Crippen molar-refractivity contribution in [3.63, 3.8) is 0 Å². The molecule has 3 heterocycles. The molecule has 8 heteroatoms. The van der Waals surface area contributed by atoms with Gasteiger partial charge in [0.1, 0.15) is 11.3 Å². The van der Waals surface area contributed by atoms with Crippen LogP contribution in [0.5, 0.6) is 0 Å². The maximum Gasteiger partial charge on any atom is 0.410 e. The lowest BCUT2D eigenvalue weighted by Gasteiger charge is -2.35. The number of fused-ring (bicyclic) bond motifs is 3. The Morgan fingerprint density at radius 1 is 1.42 bits per heavy atom. The van der Waals surface area contributed by atoms with Crippen LogP contribution in [0.2, 0.25) is 0 Å². The van der Waals surface area contributed by atoms with Crippen LogP contribution in [0.25, 0.3) is 0 Å². The van der Waals surface area contributed by atoms with E-state index in [0.29, 0.717) is 17.7 Å². The Morgan fingerprint density at radius 3 is 2.73 bits per heavy atom. The van der Waals surface area contributed by atoms with Gasteiger partial charge in [0.15, 0.2) is 0 Å². The van der Waals surface area contributed by atoms with Crippen molar-refractivity contribution in [3.05, 3.63) is 17.0 Å². The third kappa shape index (κ3) is 3.56. The molecule has 0 saturated heterocycles. The standard InChI is InChI=1S/C18H27F2N3O3/c1-11-7-14-13(9-22(11)16(25)26-17(2,3)4)15-18(19,20)6-5-12(10-24)8-23(15)21-14/h11-12,24H,5-10H2,1-4H3/t11-,12-/m1/s1. The number of aliphatic hydroxyl groups is 1. The minimum atomic E-state index is -3.02. The van der Waals surface area contributed by atoms with Crippen molar-refractivity contribution in [2.75, 3.05) is 6.61 Å². The summed E-state index contributed by atoms with van der Waals surface area (Å²) in [7, 11) is 0. The maximum absolute atomic E-state index is 14.8. The number of amides is 1. The molecular weight excluding hydrogens is 344 g/mol. The Labute approximate surface area is 152 Å². The summed E-state index contributed by atoms with van der Waals surface area (Å²) in [5, 5.41) is 13.8. The summed E-state index contributed by atoms with van der Waals surface area (Å²) in [5.41, 5.74) is 0.290. The van der Waals surface area contributed by atoms with E-state index < -0.39 is 17.6 Å². The molecule has 1 aromatic heterocycles. The van der Waals surface area contributed by atoms with Gasteiger partial charge in [-0.3, -0.25) is 4.68 Å². The summed E-state index contributed by atoms with van der Waals surface area (Å²) in [5.74, 6) is -3.26. The number of aliphatic hydroxyl groups excluding tert-OH is 1. The highest BCUT2D eigenvalue weighted by atomic mass is 19.3. The first-order valence-corrected chi connectivity index (χ1v) is 9.09. The number of aromatic nitrogens is 2. The molecule has 3 rings (SSSR count). The van der Waals surface area contributed by atoms with E-state index in [2.05, 4.69) is 5.10 Å². The van der Waals surface area contributed by atoms with Gasteiger partial charge in [-0.05, 0) is 34.1 Å². The highest BCUT2D eigenvalue weighted by Crippen LogP contribution is 2.42. The molecule has 2 aliphatic heterocycles. The second-order valence-electron chi connectivity index (χ2n) is 8.41. The van der Waals surface area contributed by atoms with E-state index >= 15 is 0 Å². The predicted octanol–water partition coefficient (Wildman–Crippen LogP) is 3.06. The van der Waals surface area contributed by atoms with Crippen LogP contribution >= 0.6 is 0 Å². The van der Waals surface area contributed by atoms with E-state index in [0.717, 1.165) is 0 Å². The predicted molar refractivity (Wildman–Crippen MR) is 90.9 cm³/mol. The normalized spacial score (nSPS) is 25.3. The molecular formula is C18H27F2N3O3. The van der Waals surface area contributed by atoms with E-state index in [1.165, 1.54) is 9.58 Å². The fourth-order valence-corrected chi connectivity index (χ4v) is 3.69. The van der Waals surface area contributed by atoms with Crippen LogP contribution in [0.1, 0.15) is 57.5 Å². The zero-order valence-corrected chi connectivity index (χ0v) is 15.8. The summed E-state index contributed by atoms with van der Waals surface area (Å²) >= 11 is 0. The average Bonchev–Trinajstić information content (AvgIpc) is 2.79. The Kier molecular flexibility index (Phi) is 4.75. The van der Waals surface area contributed by atoms with Gasteiger partial charge in [0.05, 0.1) is 12.2 Å². The molecule has 1 N–H and O–H groups in total. The smallest absolute Gasteiger partial charge is 0.410 e. The Morgan fingerprint density at radius 2 is 2.12 bits per heavy atom. The van der Waals surface area contributed by atoms with Gasteiger partial charge >= 0.3 is 6.09 Å². The van der Waals surface area contributed by atoms with Gasteiger partial charge in [0.2, 0.25) is 0 Å². The topological polar surface area (TPSA) is 67.6 Å². The summed E-state index contributed by atoms with van der Waals surface area (Å²) in [6, 6.07) is -0.182. The van der Waals surface area contributed by atoms with Crippen molar-refractivity contribution < 1.29 is 23.4 Å². The molecule has 26 heavy (non-hydrogen) atoms. The molecule has 0 saturated carbocycles. The summed E-state index contributed by atoms with van der Waals surface area (Å²) in [6.45, 7) is 7.40. The average molecular weight is 371 g/mol. The van der Waals surface area contributed by atoms with Crippen molar-refractivity contribution >= 4 is 6.09 Å². The zero-order chi connectivity index (χ0) is 19.3. The Bertz CT molecular complexity index is 697. The van der Waals surface area contributed by atoms with Crippen molar-refractivity contribution in [1.82, 2.24) is 14.7 Å². The summed E-state index contributed by atoms with van der Waals surface area (Å²) in [4.78, 5) is 14.0. The van der Waals surface area contributed by atoms with Gasteiger partial charge in [-0.25, -0.2) is 4.79 Å². The molecule has 0 aromatic carbocycles. The molecule has 0 radical (unpaired) electrons. The lowest BCUT2D eigenvalue weighted by molar-refractivity contribution is -0.0238. The van der Waals surface area contributed by atoms with E-state index in [9.17, 15) is 18.7 Å². The van der Waals surface area contributed by atoms with Gasteiger partial charge in [0.25, 0.3) is 5.92 Å². The third-order valence-corrected chi connectivity index (χ3v) is 5.01. The van der Waals surface area contributed by atoms with Gasteiger partial charge in [-0.1, -0.05) is 0 Å². The molecule has 1 aromatic rings. The largest absolute Gasteiger partial charge is 0.444 e. The number of carbonyl (C=O) groups is 1. The van der Waals surface area contributed by atoms with Gasteiger partial charge in [-0.2, -0.15) is 13.9 Å². The molecule has 0 fully saturated rings. The summed E-state index contributed by atoms with van der Waals surface area (Å²) < 4.78 is 36.4. The molecule has 2 aliphatic rings. The molecule has 146 valence electrons. The van der Waals surface area contributed by atoms with Crippen molar-refractivity contribution in [2.24, 2.45) is 5.92 Å². The van der Waals surface area contributed by atoms with Crippen LogP contribution in [0.4, 0.5) is 13.6 Å². The first-order chi connectivity index (χ1) is 12.0. The second kappa shape index (κ2) is 6.48. The highest BCUT2D eigenvalue weighted by molar-refractivity contribution is 5.69. The first kappa shape index (κ1) is 19.1. The quantitative estimate of drug-likeness (QED) is 0.824. The lowest BCUT2D eigenvalue weighted by Crippen LogP contribution is -2.45. The third-order valence-electron chi connectivity index (χ3n) is 5.01. The molecule has 1 amide bonds. The molecule has 0 aliphatic carbocycles. The number of ether oxygens (including phenoxy) is 1. The molecule has 0 spiro atoms. The number of hydrogen-bond donors (Lipinski definition) is 1. The van der Waals surface area contributed by atoms with Crippen molar-refractivity contribution in [1.29, 1.82) is 0 Å². The first-order valence-electron chi connectivity index (χ1n) is 9.09. The Balaban J connectivity index is 1.95. The molecule has 0 bridgehead atoms. The number of alkyl halides is 2. The van der Waals surface area contributed by atoms with E-state index in [4.69, 9.17) is 4.74 Å². The molecule has 0 unspecified atom stereocenters. The summed E-state index contributed by atoms with van der Waals surface area (Å²) in [6.07, 6.45) is -0.165. The molecule has 2 atom stereocenters. The van der Waals surface area contributed by atoms with Crippen LogP contribution < -0.4 is 0 Å². The van der Waals surface area contributed by atoms with Crippen molar-refractivity contribution in [2.45, 2.75) is 77.6 Å². The Hall–Kier alpha value is -1.70. The molecule has 6 nitrogen and oxygen atoms in total. The number of nitrogens with zero attached hydrogens (tertiary/aromatic N) is 3. The second-order valence-corrected chi connectivity index (χ2v) is 8.41. The zero-order valence-electron chi connectivity index (χ0n) is 15.8.